The predicted octanol–water partition coefficient (Wildman–Crippen LogP) is 1.75. The second-order valence-electron chi connectivity index (χ2n) is 2.06. The van der Waals surface area contributed by atoms with Crippen LogP contribution in [0.5, 0.6) is 5.75 Å². The van der Waals surface area contributed by atoms with Crippen molar-refractivity contribution >= 4 is 58.7 Å². The van der Waals surface area contributed by atoms with Crippen LogP contribution < -0.4 is 0 Å². The van der Waals surface area contributed by atoms with Crippen LogP contribution in [0.25, 0.3) is 0 Å². The van der Waals surface area contributed by atoms with E-state index in [1.807, 2.05) is 0 Å². The van der Waals surface area contributed by atoms with Crippen LogP contribution in [0.15, 0.2) is 12.1 Å². The number of carbonyl (C=O) groups is 1. The molecule has 0 saturated heterocycles. The first-order valence-electron chi connectivity index (χ1n) is 2.94. The monoisotopic (exact) mass is 230 g/mol. The summed E-state index contributed by atoms with van der Waals surface area (Å²) in [5, 5.41) is 17.7. The minimum absolute atomic E-state index is 0. The molecule has 0 spiro atoms. The molecule has 0 aliphatic carbocycles. The number of aromatic carboxylic acids is 1. The molecule has 6 heteroatoms. The Labute approximate surface area is 107 Å². The van der Waals surface area contributed by atoms with E-state index in [0.717, 1.165) is 0 Å². The zero-order valence-corrected chi connectivity index (χ0v) is 7.23. The van der Waals surface area contributed by atoms with Crippen molar-refractivity contribution < 1.29 is 15.0 Å². The molecule has 0 fully saturated rings. The SMILES string of the molecule is O=C(O)c1c(Cl)ccc(Cl)c1O.[NaH]. The molecule has 66 valence electrons. The molecule has 1 aromatic rings. The molecule has 1 aromatic carbocycles. The number of carboxylic acid groups (broad SMARTS) is 1. The Morgan fingerprint density at radius 1 is 1.23 bits per heavy atom. The Bertz CT molecular complexity index is 341. The molecule has 0 unspecified atom stereocenters. The van der Waals surface area contributed by atoms with Gasteiger partial charge < -0.3 is 10.2 Å². The fourth-order valence-corrected chi connectivity index (χ4v) is 1.14. The topological polar surface area (TPSA) is 57.5 Å². The normalized spacial score (nSPS) is 9.08. The zero-order chi connectivity index (χ0) is 9.30. The van der Waals surface area contributed by atoms with Gasteiger partial charge in [0.05, 0.1) is 10.0 Å². The number of rotatable bonds is 1. The Balaban J connectivity index is 0.00000144. The van der Waals surface area contributed by atoms with Crippen LogP contribution in [0, 0.1) is 0 Å². The van der Waals surface area contributed by atoms with Crippen LogP contribution in [0.1, 0.15) is 10.4 Å². The molecule has 0 aromatic heterocycles. The van der Waals surface area contributed by atoms with Gasteiger partial charge >= 0.3 is 35.5 Å². The summed E-state index contributed by atoms with van der Waals surface area (Å²) in [5.41, 5.74) is -0.371. The van der Waals surface area contributed by atoms with Gasteiger partial charge in [0, 0.05) is 0 Å². The summed E-state index contributed by atoms with van der Waals surface area (Å²) in [7, 11) is 0. The quantitative estimate of drug-likeness (QED) is 0.723. The van der Waals surface area contributed by atoms with Gasteiger partial charge in [-0.3, -0.25) is 0 Å². The third kappa shape index (κ3) is 2.76. The van der Waals surface area contributed by atoms with E-state index in [2.05, 4.69) is 0 Å². The molecule has 2 N–H and O–H groups in total. The number of halogens is 2. The molecule has 0 aliphatic rings. The number of benzene rings is 1. The van der Waals surface area contributed by atoms with Crippen molar-refractivity contribution in [1.82, 2.24) is 0 Å². The number of aromatic hydroxyl groups is 1. The molecule has 0 amide bonds. The molecule has 0 heterocycles. The summed E-state index contributed by atoms with van der Waals surface area (Å²) in [6.07, 6.45) is 0. The number of carboxylic acids is 1. The second-order valence-corrected chi connectivity index (χ2v) is 2.87. The van der Waals surface area contributed by atoms with Gasteiger partial charge in [0.15, 0.2) is 0 Å². The summed E-state index contributed by atoms with van der Waals surface area (Å²) >= 11 is 11.0. The van der Waals surface area contributed by atoms with Gasteiger partial charge in [0.25, 0.3) is 0 Å². The average molecular weight is 231 g/mol. The molecule has 3 nitrogen and oxygen atoms in total. The van der Waals surface area contributed by atoms with Gasteiger partial charge in [-0.15, -0.1) is 0 Å². The van der Waals surface area contributed by atoms with Gasteiger partial charge in [-0.2, -0.15) is 0 Å². The van der Waals surface area contributed by atoms with Crippen LogP contribution in [0.3, 0.4) is 0 Å². The molecular formula is C7H5Cl2NaO3. The van der Waals surface area contributed by atoms with E-state index in [0.29, 0.717) is 0 Å². The number of hydrogen-bond acceptors (Lipinski definition) is 2. The van der Waals surface area contributed by atoms with Gasteiger partial charge in [-0.05, 0) is 12.1 Å². The maximum absolute atomic E-state index is 10.5. The molecule has 1 rings (SSSR count). The predicted molar refractivity (Wildman–Crippen MR) is 52.2 cm³/mol. The van der Waals surface area contributed by atoms with E-state index in [9.17, 15) is 4.79 Å². The van der Waals surface area contributed by atoms with Crippen molar-refractivity contribution in [2.45, 2.75) is 0 Å². The third-order valence-electron chi connectivity index (χ3n) is 1.29. The average Bonchev–Trinajstić information content (AvgIpc) is 1.97. The summed E-state index contributed by atoms with van der Waals surface area (Å²) in [6.45, 7) is 0. The molecule has 0 radical (unpaired) electrons. The Kier molecular flexibility index (Phi) is 5.10. The summed E-state index contributed by atoms with van der Waals surface area (Å²) in [5.74, 6) is -1.81. The van der Waals surface area contributed by atoms with Crippen molar-refractivity contribution in [3.05, 3.63) is 27.7 Å². The standard InChI is InChI=1S/C7H4Cl2O3.Na.H/c8-3-1-2-4(9)6(10)5(3)7(11)12;;/h1-2,10H,(H,11,12);;. The van der Waals surface area contributed by atoms with E-state index in [4.69, 9.17) is 33.4 Å². The van der Waals surface area contributed by atoms with Crippen molar-refractivity contribution in [2.24, 2.45) is 0 Å². The summed E-state index contributed by atoms with van der Waals surface area (Å²) < 4.78 is 0. The molecular weight excluding hydrogens is 226 g/mol. The first kappa shape index (κ1) is 13.1. The van der Waals surface area contributed by atoms with E-state index in [1.54, 1.807) is 0 Å². The van der Waals surface area contributed by atoms with Crippen LogP contribution in [-0.4, -0.2) is 45.7 Å². The molecule has 0 atom stereocenters. The third-order valence-corrected chi connectivity index (χ3v) is 1.91. The molecule has 13 heavy (non-hydrogen) atoms. The van der Waals surface area contributed by atoms with E-state index in [-0.39, 0.29) is 45.2 Å². The van der Waals surface area contributed by atoms with Crippen molar-refractivity contribution in [3.8, 4) is 5.75 Å². The Hall–Kier alpha value is 0.0700. The van der Waals surface area contributed by atoms with Crippen molar-refractivity contribution in [1.29, 1.82) is 0 Å². The first-order chi connectivity index (χ1) is 5.54. The van der Waals surface area contributed by atoms with Gasteiger partial charge in [-0.1, -0.05) is 23.2 Å². The first-order valence-corrected chi connectivity index (χ1v) is 3.70. The molecule has 0 aliphatic heterocycles. The van der Waals surface area contributed by atoms with E-state index < -0.39 is 11.7 Å². The van der Waals surface area contributed by atoms with Crippen LogP contribution in [0.2, 0.25) is 10.0 Å². The molecule has 0 bridgehead atoms. The number of phenols is 1. The van der Waals surface area contributed by atoms with Crippen molar-refractivity contribution in [3.63, 3.8) is 0 Å². The molecule has 0 saturated carbocycles. The number of hydrogen-bond donors (Lipinski definition) is 2. The fraction of sp³-hybridized carbons (Fsp3) is 0. The van der Waals surface area contributed by atoms with Crippen LogP contribution in [0.4, 0.5) is 0 Å². The van der Waals surface area contributed by atoms with Crippen molar-refractivity contribution in [2.75, 3.05) is 0 Å². The van der Waals surface area contributed by atoms with Gasteiger partial charge in [0.1, 0.15) is 11.3 Å². The minimum atomic E-state index is -1.31. The Morgan fingerprint density at radius 2 is 1.69 bits per heavy atom. The summed E-state index contributed by atoms with van der Waals surface area (Å²) in [4.78, 5) is 10.5. The Morgan fingerprint density at radius 3 is 2.08 bits per heavy atom. The zero-order valence-electron chi connectivity index (χ0n) is 5.71. The van der Waals surface area contributed by atoms with Gasteiger partial charge in [-0.25, -0.2) is 4.79 Å². The maximum atomic E-state index is 10.5. The van der Waals surface area contributed by atoms with E-state index in [1.165, 1.54) is 12.1 Å². The van der Waals surface area contributed by atoms with Crippen LogP contribution in [-0.2, 0) is 0 Å². The second kappa shape index (κ2) is 5.08. The van der Waals surface area contributed by atoms with Gasteiger partial charge in [0.2, 0.25) is 0 Å². The van der Waals surface area contributed by atoms with Crippen LogP contribution >= 0.6 is 23.2 Å². The fourth-order valence-electron chi connectivity index (χ4n) is 0.745. The summed E-state index contributed by atoms with van der Waals surface area (Å²) in [6, 6.07) is 2.64. The van der Waals surface area contributed by atoms with E-state index >= 15 is 0 Å².